The number of carbonyl (C=O) groups is 1. The number of benzene rings is 1. The summed E-state index contributed by atoms with van der Waals surface area (Å²) >= 11 is 5.96. The van der Waals surface area contributed by atoms with E-state index in [4.69, 9.17) is 16.7 Å². The number of carboxylic acid groups (broad SMARTS) is 1. The summed E-state index contributed by atoms with van der Waals surface area (Å²) in [6, 6.07) is 7.10. The molecule has 5 heteroatoms. The fourth-order valence-electron chi connectivity index (χ4n) is 1.78. The fourth-order valence-corrected chi connectivity index (χ4v) is 1.89. The van der Waals surface area contributed by atoms with Crippen LogP contribution in [0.1, 0.15) is 23.0 Å². The second-order valence-corrected chi connectivity index (χ2v) is 4.41. The Morgan fingerprint density at radius 3 is 2.67 bits per heavy atom. The molecule has 2 rings (SSSR count). The molecule has 0 spiro atoms. The molecule has 0 atom stereocenters. The number of rotatable bonds is 3. The molecule has 0 fully saturated rings. The first-order valence-corrected chi connectivity index (χ1v) is 5.98. The van der Waals surface area contributed by atoms with Crippen LogP contribution in [0.3, 0.4) is 0 Å². The molecule has 4 nitrogen and oxygen atoms in total. The number of aryl methyl sites for hydroxylation is 2. The minimum absolute atomic E-state index is 0.195. The van der Waals surface area contributed by atoms with Gasteiger partial charge in [0.15, 0.2) is 0 Å². The van der Waals surface area contributed by atoms with Gasteiger partial charge in [0.1, 0.15) is 5.69 Å². The number of halogens is 1. The van der Waals surface area contributed by atoms with Crippen LogP contribution in [0.15, 0.2) is 24.3 Å². The molecule has 0 aliphatic rings. The van der Waals surface area contributed by atoms with Crippen molar-refractivity contribution in [2.45, 2.75) is 20.4 Å². The number of carboxylic acids is 1. The maximum absolute atomic E-state index is 11.1. The summed E-state index contributed by atoms with van der Waals surface area (Å²) in [6.07, 6.45) is 0. The van der Waals surface area contributed by atoms with Crippen molar-refractivity contribution in [3.05, 3.63) is 40.5 Å². The van der Waals surface area contributed by atoms with Crippen LogP contribution in [-0.4, -0.2) is 20.9 Å². The number of aromatic nitrogens is 2. The number of hydrogen-bond acceptors (Lipinski definition) is 2. The molecule has 1 heterocycles. The molecule has 94 valence electrons. The Bertz CT molecular complexity index is 605. The third kappa shape index (κ3) is 2.24. The summed E-state index contributed by atoms with van der Waals surface area (Å²) in [7, 11) is 0. The first-order chi connectivity index (χ1) is 8.52. The standard InChI is InChI=1S/C13H13ClN2O2/c1-3-16-12(13(17)18)7-11(15-16)9-4-5-10(14)8(2)6-9/h4-7H,3H2,1-2H3,(H,17,18). The van der Waals surface area contributed by atoms with Crippen molar-refractivity contribution in [2.24, 2.45) is 0 Å². The van der Waals surface area contributed by atoms with Crippen molar-refractivity contribution in [1.29, 1.82) is 0 Å². The van der Waals surface area contributed by atoms with E-state index in [9.17, 15) is 4.79 Å². The SMILES string of the molecule is CCn1nc(-c2ccc(Cl)c(C)c2)cc1C(=O)O. The minimum atomic E-state index is -0.971. The second kappa shape index (κ2) is 4.82. The Labute approximate surface area is 110 Å². The zero-order valence-electron chi connectivity index (χ0n) is 10.1. The highest BCUT2D eigenvalue weighted by Crippen LogP contribution is 2.24. The van der Waals surface area contributed by atoms with Gasteiger partial charge < -0.3 is 5.11 Å². The van der Waals surface area contributed by atoms with Gasteiger partial charge in [-0.3, -0.25) is 4.68 Å². The predicted octanol–water partition coefficient (Wildman–Crippen LogP) is 3.23. The van der Waals surface area contributed by atoms with E-state index in [0.717, 1.165) is 11.1 Å². The summed E-state index contributed by atoms with van der Waals surface area (Å²) in [5, 5.41) is 14.0. The highest BCUT2D eigenvalue weighted by atomic mass is 35.5. The second-order valence-electron chi connectivity index (χ2n) is 4.00. The Balaban J connectivity index is 2.50. The molecule has 0 unspecified atom stereocenters. The Morgan fingerprint density at radius 1 is 1.44 bits per heavy atom. The van der Waals surface area contributed by atoms with Gasteiger partial charge in [-0.1, -0.05) is 17.7 Å². The van der Waals surface area contributed by atoms with Gasteiger partial charge in [0.2, 0.25) is 0 Å². The Morgan fingerprint density at radius 2 is 2.17 bits per heavy atom. The van der Waals surface area contributed by atoms with Crippen molar-refractivity contribution >= 4 is 17.6 Å². The van der Waals surface area contributed by atoms with E-state index in [-0.39, 0.29) is 5.69 Å². The summed E-state index contributed by atoms with van der Waals surface area (Å²) in [6.45, 7) is 4.28. The van der Waals surface area contributed by atoms with Crippen LogP contribution in [0.2, 0.25) is 5.02 Å². The Hall–Kier alpha value is -1.81. The van der Waals surface area contributed by atoms with Gasteiger partial charge in [0, 0.05) is 17.1 Å². The summed E-state index contributed by atoms with van der Waals surface area (Å²) in [5.74, 6) is -0.971. The molecular weight excluding hydrogens is 252 g/mol. The molecule has 0 aliphatic heterocycles. The molecule has 1 aromatic heterocycles. The van der Waals surface area contributed by atoms with Crippen LogP contribution < -0.4 is 0 Å². The summed E-state index contributed by atoms with van der Waals surface area (Å²) in [5.41, 5.74) is 2.65. The smallest absolute Gasteiger partial charge is 0.354 e. The van der Waals surface area contributed by atoms with E-state index in [1.807, 2.05) is 26.0 Å². The zero-order valence-corrected chi connectivity index (χ0v) is 10.9. The molecule has 0 saturated carbocycles. The van der Waals surface area contributed by atoms with Crippen LogP contribution >= 0.6 is 11.6 Å². The van der Waals surface area contributed by atoms with Crippen molar-refractivity contribution < 1.29 is 9.90 Å². The van der Waals surface area contributed by atoms with E-state index >= 15 is 0 Å². The molecular formula is C13H13ClN2O2. The van der Waals surface area contributed by atoms with Crippen LogP contribution in [-0.2, 0) is 6.54 Å². The van der Waals surface area contributed by atoms with Crippen molar-refractivity contribution in [1.82, 2.24) is 9.78 Å². The number of hydrogen-bond donors (Lipinski definition) is 1. The van der Waals surface area contributed by atoms with Crippen LogP contribution in [0.5, 0.6) is 0 Å². The highest BCUT2D eigenvalue weighted by Gasteiger charge is 2.14. The third-order valence-corrected chi connectivity index (χ3v) is 3.18. The maximum Gasteiger partial charge on any atom is 0.354 e. The fraction of sp³-hybridized carbons (Fsp3) is 0.231. The Kier molecular flexibility index (Phi) is 3.39. The molecule has 1 N–H and O–H groups in total. The molecule has 0 aliphatic carbocycles. The molecule has 18 heavy (non-hydrogen) atoms. The molecule has 0 saturated heterocycles. The zero-order chi connectivity index (χ0) is 13.3. The maximum atomic E-state index is 11.1. The molecule has 1 aromatic carbocycles. The molecule has 0 amide bonds. The lowest BCUT2D eigenvalue weighted by Crippen LogP contribution is -2.07. The lowest BCUT2D eigenvalue weighted by Gasteiger charge is -2.01. The largest absolute Gasteiger partial charge is 0.477 e. The van der Waals surface area contributed by atoms with Gasteiger partial charge >= 0.3 is 5.97 Å². The van der Waals surface area contributed by atoms with E-state index in [0.29, 0.717) is 17.3 Å². The van der Waals surface area contributed by atoms with Crippen molar-refractivity contribution in [3.63, 3.8) is 0 Å². The predicted molar refractivity (Wildman–Crippen MR) is 70.0 cm³/mol. The number of nitrogens with zero attached hydrogens (tertiary/aromatic N) is 2. The summed E-state index contributed by atoms with van der Waals surface area (Å²) < 4.78 is 1.47. The molecule has 0 bridgehead atoms. The van der Waals surface area contributed by atoms with Crippen molar-refractivity contribution in [3.8, 4) is 11.3 Å². The highest BCUT2D eigenvalue weighted by molar-refractivity contribution is 6.31. The first-order valence-electron chi connectivity index (χ1n) is 5.60. The normalized spacial score (nSPS) is 10.6. The van der Waals surface area contributed by atoms with Gasteiger partial charge in [0.25, 0.3) is 0 Å². The third-order valence-electron chi connectivity index (χ3n) is 2.75. The minimum Gasteiger partial charge on any atom is -0.477 e. The van der Waals surface area contributed by atoms with E-state index in [2.05, 4.69) is 5.10 Å². The topological polar surface area (TPSA) is 55.1 Å². The van der Waals surface area contributed by atoms with Crippen LogP contribution in [0.4, 0.5) is 0 Å². The van der Waals surface area contributed by atoms with Gasteiger partial charge in [-0.15, -0.1) is 0 Å². The van der Waals surface area contributed by atoms with Gasteiger partial charge in [0.05, 0.1) is 5.69 Å². The lowest BCUT2D eigenvalue weighted by molar-refractivity contribution is 0.0683. The van der Waals surface area contributed by atoms with E-state index < -0.39 is 5.97 Å². The average molecular weight is 265 g/mol. The first kappa shape index (κ1) is 12.6. The molecule has 0 radical (unpaired) electrons. The van der Waals surface area contributed by atoms with Crippen LogP contribution in [0.25, 0.3) is 11.3 Å². The quantitative estimate of drug-likeness (QED) is 0.926. The van der Waals surface area contributed by atoms with Crippen LogP contribution in [0, 0.1) is 6.92 Å². The van der Waals surface area contributed by atoms with Gasteiger partial charge in [-0.05, 0) is 37.6 Å². The number of aromatic carboxylic acids is 1. The van der Waals surface area contributed by atoms with E-state index in [1.165, 1.54) is 4.68 Å². The van der Waals surface area contributed by atoms with E-state index in [1.54, 1.807) is 12.1 Å². The van der Waals surface area contributed by atoms with Gasteiger partial charge in [-0.2, -0.15) is 5.10 Å². The van der Waals surface area contributed by atoms with Crippen molar-refractivity contribution in [2.75, 3.05) is 0 Å². The van der Waals surface area contributed by atoms with Gasteiger partial charge in [-0.25, -0.2) is 4.79 Å². The summed E-state index contributed by atoms with van der Waals surface area (Å²) in [4.78, 5) is 11.1. The monoisotopic (exact) mass is 264 g/mol. The lowest BCUT2D eigenvalue weighted by atomic mass is 10.1. The average Bonchev–Trinajstić information content (AvgIpc) is 2.77. The molecule has 2 aromatic rings.